The lowest BCUT2D eigenvalue weighted by atomic mass is 10.2. The Morgan fingerprint density at radius 1 is 1.05 bits per heavy atom. The molecule has 0 bridgehead atoms. The molecule has 3 nitrogen and oxygen atoms in total. The van der Waals surface area contributed by atoms with Crippen molar-refractivity contribution in [1.82, 2.24) is 4.90 Å². The van der Waals surface area contributed by atoms with Crippen molar-refractivity contribution in [3.05, 3.63) is 46.7 Å². The SMILES string of the molecule is Nc1ccccc1N1CCN(CCc2ccsc2)CC1. The van der Waals surface area contributed by atoms with Crippen LogP contribution in [-0.4, -0.2) is 37.6 Å². The Hall–Kier alpha value is -1.52. The Morgan fingerprint density at radius 3 is 2.55 bits per heavy atom. The van der Waals surface area contributed by atoms with Gasteiger partial charge in [0.25, 0.3) is 0 Å². The first-order valence-corrected chi connectivity index (χ1v) is 8.10. The first kappa shape index (κ1) is 13.5. The number of hydrogen-bond donors (Lipinski definition) is 1. The number of benzene rings is 1. The van der Waals surface area contributed by atoms with Crippen molar-refractivity contribution in [1.29, 1.82) is 0 Å². The molecular formula is C16H21N3S. The molecule has 1 saturated heterocycles. The number of anilines is 2. The second kappa shape index (κ2) is 6.29. The van der Waals surface area contributed by atoms with Crippen molar-refractivity contribution < 1.29 is 0 Å². The molecular weight excluding hydrogens is 266 g/mol. The standard InChI is InChI=1S/C16H21N3S/c17-15-3-1-2-4-16(15)19-10-8-18(9-11-19)7-5-14-6-12-20-13-14/h1-4,6,12-13H,5,7-11,17H2. The summed E-state index contributed by atoms with van der Waals surface area (Å²) in [6.07, 6.45) is 1.16. The van der Waals surface area contributed by atoms with E-state index in [2.05, 4.69) is 38.8 Å². The van der Waals surface area contributed by atoms with E-state index in [1.807, 2.05) is 12.1 Å². The van der Waals surface area contributed by atoms with Crippen LogP contribution in [0.5, 0.6) is 0 Å². The van der Waals surface area contributed by atoms with Gasteiger partial charge in [-0.15, -0.1) is 0 Å². The molecule has 1 fully saturated rings. The minimum absolute atomic E-state index is 0.888. The Labute approximate surface area is 124 Å². The molecule has 0 aliphatic carbocycles. The number of hydrogen-bond acceptors (Lipinski definition) is 4. The molecule has 0 radical (unpaired) electrons. The smallest absolute Gasteiger partial charge is 0.0600 e. The third kappa shape index (κ3) is 3.14. The van der Waals surface area contributed by atoms with E-state index < -0.39 is 0 Å². The van der Waals surface area contributed by atoms with Crippen LogP contribution in [-0.2, 0) is 6.42 Å². The van der Waals surface area contributed by atoms with Crippen LogP contribution in [0.3, 0.4) is 0 Å². The molecule has 2 heterocycles. The number of rotatable bonds is 4. The molecule has 1 aliphatic rings. The molecule has 1 aliphatic heterocycles. The van der Waals surface area contributed by atoms with Gasteiger partial charge in [-0.2, -0.15) is 11.3 Å². The second-order valence-corrected chi connectivity index (χ2v) is 6.05. The molecule has 0 atom stereocenters. The Morgan fingerprint density at radius 2 is 1.85 bits per heavy atom. The van der Waals surface area contributed by atoms with Gasteiger partial charge in [-0.25, -0.2) is 0 Å². The van der Waals surface area contributed by atoms with Gasteiger partial charge in [-0.05, 0) is 40.9 Å². The van der Waals surface area contributed by atoms with Crippen LogP contribution in [0.15, 0.2) is 41.1 Å². The van der Waals surface area contributed by atoms with Gasteiger partial charge in [-0.3, -0.25) is 4.90 Å². The lowest BCUT2D eigenvalue weighted by Crippen LogP contribution is -2.47. The molecule has 0 unspecified atom stereocenters. The molecule has 1 aromatic heterocycles. The third-order valence-electron chi connectivity index (χ3n) is 3.95. The maximum absolute atomic E-state index is 6.05. The van der Waals surface area contributed by atoms with Gasteiger partial charge in [-0.1, -0.05) is 12.1 Å². The largest absolute Gasteiger partial charge is 0.397 e. The zero-order chi connectivity index (χ0) is 13.8. The van der Waals surface area contributed by atoms with Crippen molar-refractivity contribution in [2.45, 2.75) is 6.42 Å². The van der Waals surface area contributed by atoms with Gasteiger partial charge in [0.15, 0.2) is 0 Å². The topological polar surface area (TPSA) is 32.5 Å². The van der Waals surface area contributed by atoms with Crippen LogP contribution >= 0.6 is 11.3 Å². The van der Waals surface area contributed by atoms with E-state index in [-0.39, 0.29) is 0 Å². The molecule has 4 heteroatoms. The van der Waals surface area contributed by atoms with Gasteiger partial charge >= 0.3 is 0 Å². The molecule has 0 amide bonds. The number of nitrogens with zero attached hydrogens (tertiary/aromatic N) is 2. The molecule has 2 aromatic rings. The predicted molar refractivity (Wildman–Crippen MR) is 87.5 cm³/mol. The van der Waals surface area contributed by atoms with E-state index in [1.54, 1.807) is 11.3 Å². The summed E-state index contributed by atoms with van der Waals surface area (Å²) in [5.41, 5.74) is 9.59. The van der Waals surface area contributed by atoms with Crippen LogP contribution in [0.4, 0.5) is 11.4 Å². The summed E-state index contributed by atoms with van der Waals surface area (Å²) < 4.78 is 0. The summed E-state index contributed by atoms with van der Waals surface area (Å²) in [5.74, 6) is 0. The highest BCUT2D eigenvalue weighted by molar-refractivity contribution is 7.07. The summed E-state index contributed by atoms with van der Waals surface area (Å²) in [6, 6.07) is 10.4. The van der Waals surface area contributed by atoms with Gasteiger partial charge in [0.2, 0.25) is 0 Å². The monoisotopic (exact) mass is 287 g/mol. The van der Waals surface area contributed by atoms with E-state index in [9.17, 15) is 0 Å². The minimum atomic E-state index is 0.888. The molecule has 0 saturated carbocycles. The van der Waals surface area contributed by atoms with Crippen molar-refractivity contribution in [2.75, 3.05) is 43.4 Å². The first-order chi connectivity index (χ1) is 9.83. The lowest BCUT2D eigenvalue weighted by Gasteiger charge is -2.36. The van der Waals surface area contributed by atoms with E-state index in [0.717, 1.165) is 44.8 Å². The Balaban J connectivity index is 1.51. The van der Waals surface area contributed by atoms with Gasteiger partial charge in [0.1, 0.15) is 0 Å². The summed E-state index contributed by atoms with van der Waals surface area (Å²) in [6.45, 7) is 5.54. The number of piperazine rings is 1. The quantitative estimate of drug-likeness (QED) is 0.878. The summed E-state index contributed by atoms with van der Waals surface area (Å²) in [5, 5.41) is 4.41. The Bertz CT molecular complexity index is 530. The van der Waals surface area contributed by atoms with Crippen molar-refractivity contribution in [3.8, 4) is 0 Å². The normalized spacial score (nSPS) is 16.5. The zero-order valence-corrected chi connectivity index (χ0v) is 12.5. The van der Waals surface area contributed by atoms with Crippen LogP contribution in [0.1, 0.15) is 5.56 Å². The lowest BCUT2D eigenvalue weighted by molar-refractivity contribution is 0.261. The van der Waals surface area contributed by atoms with Crippen LogP contribution < -0.4 is 10.6 Å². The fraction of sp³-hybridized carbons (Fsp3) is 0.375. The number of nitrogens with two attached hydrogens (primary N) is 1. The van der Waals surface area contributed by atoms with E-state index >= 15 is 0 Å². The van der Waals surface area contributed by atoms with Crippen LogP contribution in [0, 0.1) is 0 Å². The molecule has 20 heavy (non-hydrogen) atoms. The van der Waals surface area contributed by atoms with Crippen molar-refractivity contribution >= 4 is 22.7 Å². The van der Waals surface area contributed by atoms with Gasteiger partial charge in [0.05, 0.1) is 11.4 Å². The van der Waals surface area contributed by atoms with Crippen molar-refractivity contribution in [3.63, 3.8) is 0 Å². The van der Waals surface area contributed by atoms with Crippen LogP contribution in [0.2, 0.25) is 0 Å². The van der Waals surface area contributed by atoms with E-state index in [1.165, 1.54) is 11.3 Å². The summed E-state index contributed by atoms with van der Waals surface area (Å²) >= 11 is 1.78. The maximum Gasteiger partial charge on any atom is 0.0600 e. The zero-order valence-electron chi connectivity index (χ0n) is 11.7. The predicted octanol–water partition coefficient (Wildman–Crippen LogP) is 2.70. The van der Waals surface area contributed by atoms with Crippen molar-refractivity contribution in [2.24, 2.45) is 0 Å². The average Bonchev–Trinajstić information content (AvgIpc) is 3.00. The molecule has 0 spiro atoms. The summed E-state index contributed by atoms with van der Waals surface area (Å²) in [4.78, 5) is 4.95. The fourth-order valence-electron chi connectivity index (χ4n) is 2.71. The highest BCUT2D eigenvalue weighted by atomic mass is 32.1. The second-order valence-electron chi connectivity index (χ2n) is 5.27. The van der Waals surface area contributed by atoms with Gasteiger partial charge < -0.3 is 10.6 Å². The highest BCUT2D eigenvalue weighted by Crippen LogP contribution is 2.23. The van der Waals surface area contributed by atoms with E-state index in [4.69, 9.17) is 5.73 Å². The molecule has 1 aromatic carbocycles. The average molecular weight is 287 g/mol. The number of para-hydroxylation sites is 2. The highest BCUT2D eigenvalue weighted by Gasteiger charge is 2.18. The third-order valence-corrected chi connectivity index (χ3v) is 4.68. The van der Waals surface area contributed by atoms with E-state index in [0.29, 0.717) is 0 Å². The number of nitrogen functional groups attached to an aromatic ring is 1. The number of thiophene rings is 1. The molecule has 106 valence electrons. The van der Waals surface area contributed by atoms with Crippen LogP contribution in [0.25, 0.3) is 0 Å². The molecule has 3 rings (SSSR count). The first-order valence-electron chi connectivity index (χ1n) is 7.16. The maximum atomic E-state index is 6.05. The van der Waals surface area contributed by atoms with Gasteiger partial charge in [0, 0.05) is 32.7 Å². The Kier molecular flexibility index (Phi) is 4.23. The minimum Gasteiger partial charge on any atom is -0.397 e. The fourth-order valence-corrected chi connectivity index (χ4v) is 3.41. The summed E-state index contributed by atoms with van der Waals surface area (Å²) in [7, 11) is 0. The molecule has 2 N–H and O–H groups in total.